The van der Waals surface area contributed by atoms with Crippen molar-refractivity contribution in [3.8, 4) is 0 Å². The van der Waals surface area contributed by atoms with Gasteiger partial charge in [0.15, 0.2) is 0 Å². The van der Waals surface area contributed by atoms with E-state index >= 15 is 0 Å². The van der Waals surface area contributed by atoms with E-state index in [1.807, 2.05) is 4.90 Å². The van der Waals surface area contributed by atoms with Crippen molar-refractivity contribution in [1.29, 1.82) is 0 Å². The first-order valence-electron chi connectivity index (χ1n) is 6.83. The number of hydrogen-bond acceptors (Lipinski definition) is 3. The Labute approximate surface area is 116 Å². The highest BCUT2D eigenvalue weighted by Gasteiger charge is 2.27. The van der Waals surface area contributed by atoms with Crippen LogP contribution in [-0.2, 0) is 0 Å². The van der Waals surface area contributed by atoms with Gasteiger partial charge in [-0.15, -0.1) is 0 Å². The van der Waals surface area contributed by atoms with Crippen LogP contribution >= 0.6 is 0 Å². The van der Waals surface area contributed by atoms with Crippen LogP contribution in [-0.4, -0.2) is 42.8 Å². The summed E-state index contributed by atoms with van der Waals surface area (Å²) in [6.45, 7) is 2.81. The van der Waals surface area contributed by atoms with Crippen molar-refractivity contribution in [2.24, 2.45) is 0 Å². The molecular weight excluding hydrogens is 269 g/mol. The molecular formula is C14H19F3N2O. The number of aliphatic hydroxyl groups excluding tert-OH is 1. The fourth-order valence-corrected chi connectivity index (χ4v) is 2.66. The van der Waals surface area contributed by atoms with Gasteiger partial charge in [0.25, 0.3) is 0 Å². The predicted molar refractivity (Wildman–Crippen MR) is 69.8 cm³/mol. The molecule has 0 aromatic heterocycles. The summed E-state index contributed by atoms with van der Waals surface area (Å²) in [7, 11) is 0. The smallest absolute Gasteiger partial charge is 0.133 e. The van der Waals surface area contributed by atoms with E-state index < -0.39 is 23.5 Å². The molecule has 1 atom stereocenters. The van der Waals surface area contributed by atoms with E-state index in [4.69, 9.17) is 5.11 Å². The molecule has 1 aliphatic rings. The van der Waals surface area contributed by atoms with Crippen molar-refractivity contribution in [3.63, 3.8) is 0 Å². The normalized spacial score (nSPS) is 18.2. The number of benzene rings is 1. The van der Waals surface area contributed by atoms with E-state index in [9.17, 15) is 13.2 Å². The Morgan fingerprint density at radius 2 is 1.75 bits per heavy atom. The summed E-state index contributed by atoms with van der Waals surface area (Å²) in [6, 6.07) is 0.962. The number of hydrogen-bond donors (Lipinski definition) is 2. The highest BCUT2D eigenvalue weighted by Crippen LogP contribution is 2.30. The van der Waals surface area contributed by atoms with Gasteiger partial charge in [-0.3, -0.25) is 4.90 Å². The van der Waals surface area contributed by atoms with Gasteiger partial charge >= 0.3 is 0 Å². The van der Waals surface area contributed by atoms with Gasteiger partial charge in [0.1, 0.15) is 17.5 Å². The summed E-state index contributed by atoms with van der Waals surface area (Å²) in [5.41, 5.74) is -0.0956. The van der Waals surface area contributed by atoms with Gasteiger partial charge in [0.05, 0.1) is 0 Å². The zero-order valence-corrected chi connectivity index (χ0v) is 11.2. The topological polar surface area (TPSA) is 35.5 Å². The Morgan fingerprint density at radius 1 is 1.15 bits per heavy atom. The molecule has 2 rings (SSSR count). The molecule has 0 radical (unpaired) electrons. The van der Waals surface area contributed by atoms with Gasteiger partial charge in [-0.25, -0.2) is 13.2 Å². The number of halogens is 3. The quantitative estimate of drug-likeness (QED) is 0.867. The van der Waals surface area contributed by atoms with E-state index in [0.29, 0.717) is 38.1 Å². The Morgan fingerprint density at radius 3 is 2.30 bits per heavy atom. The molecule has 0 aliphatic carbocycles. The van der Waals surface area contributed by atoms with E-state index in [1.54, 1.807) is 0 Å². The molecule has 3 nitrogen and oxygen atoms in total. The number of nitrogens with one attached hydrogen (secondary N) is 1. The SMILES string of the molecule is OCCC[C@@H](c1c(F)cc(F)cc1F)N1CCNCC1. The Hall–Kier alpha value is -1.11. The van der Waals surface area contributed by atoms with Gasteiger partial charge in [-0.2, -0.15) is 0 Å². The highest BCUT2D eigenvalue weighted by molar-refractivity contribution is 5.24. The van der Waals surface area contributed by atoms with E-state index in [-0.39, 0.29) is 12.2 Å². The van der Waals surface area contributed by atoms with E-state index in [2.05, 4.69) is 5.32 Å². The third kappa shape index (κ3) is 3.50. The number of piperazine rings is 1. The van der Waals surface area contributed by atoms with E-state index in [0.717, 1.165) is 13.1 Å². The largest absolute Gasteiger partial charge is 0.396 e. The summed E-state index contributed by atoms with van der Waals surface area (Å²) in [6.07, 6.45) is 0.890. The molecule has 0 amide bonds. The molecule has 0 saturated carbocycles. The molecule has 20 heavy (non-hydrogen) atoms. The predicted octanol–water partition coefficient (Wildman–Crippen LogP) is 1.82. The zero-order valence-electron chi connectivity index (χ0n) is 11.2. The van der Waals surface area contributed by atoms with Gasteiger partial charge in [-0.05, 0) is 12.8 Å². The summed E-state index contributed by atoms with van der Waals surface area (Å²) >= 11 is 0. The van der Waals surface area contributed by atoms with Crippen molar-refractivity contribution >= 4 is 0 Å². The fraction of sp³-hybridized carbons (Fsp3) is 0.571. The second-order valence-electron chi connectivity index (χ2n) is 4.95. The molecule has 0 bridgehead atoms. The summed E-state index contributed by atoms with van der Waals surface area (Å²) in [4.78, 5) is 1.98. The minimum absolute atomic E-state index is 0.0347. The number of aliphatic hydroxyl groups is 1. The van der Waals surface area contributed by atoms with Gasteiger partial charge in [0, 0.05) is 56.5 Å². The minimum Gasteiger partial charge on any atom is -0.396 e. The van der Waals surface area contributed by atoms with Crippen LogP contribution in [0.4, 0.5) is 13.2 Å². The van der Waals surface area contributed by atoms with Crippen LogP contribution < -0.4 is 5.32 Å². The third-order valence-corrected chi connectivity index (χ3v) is 3.61. The lowest BCUT2D eigenvalue weighted by Crippen LogP contribution is -2.45. The maximum absolute atomic E-state index is 14.0. The Bertz CT molecular complexity index is 427. The Kier molecular flexibility index (Phi) is 5.39. The maximum Gasteiger partial charge on any atom is 0.133 e. The fourth-order valence-electron chi connectivity index (χ4n) is 2.66. The van der Waals surface area contributed by atoms with Crippen molar-refractivity contribution in [1.82, 2.24) is 10.2 Å². The van der Waals surface area contributed by atoms with E-state index in [1.165, 1.54) is 0 Å². The molecule has 6 heteroatoms. The molecule has 1 heterocycles. The minimum atomic E-state index is -0.912. The number of nitrogens with zero attached hydrogens (tertiary/aromatic N) is 1. The molecule has 1 aliphatic heterocycles. The first-order chi connectivity index (χ1) is 9.63. The molecule has 2 N–H and O–H groups in total. The molecule has 1 aromatic carbocycles. The zero-order chi connectivity index (χ0) is 14.5. The van der Waals surface area contributed by atoms with Crippen LogP contribution in [0.1, 0.15) is 24.4 Å². The van der Waals surface area contributed by atoms with Crippen molar-refractivity contribution in [2.45, 2.75) is 18.9 Å². The van der Waals surface area contributed by atoms with Crippen molar-refractivity contribution in [3.05, 3.63) is 35.1 Å². The van der Waals surface area contributed by atoms with Gasteiger partial charge in [-0.1, -0.05) is 0 Å². The summed E-state index contributed by atoms with van der Waals surface area (Å²) in [5, 5.41) is 12.1. The first-order valence-corrected chi connectivity index (χ1v) is 6.83. The molecule has 1 saturated heterocycles. The van der Waals surface area contributed by atoms with Gasteiger partial charge < -0.3 is 10.4 Å². The lowest BCUT2D eigenvalue weighted by Gasteiger charge is -2.35. The Balaban J connectivity index is 2.29. The molecule has 1 aromatic rings. The van der Waals surface area contributed by atoms with Crippen LogP contribution in [0.5, 0.6) is 0 Å². The van der Waals surface area contributed by atoms with Crippen LogP contribution in [0.2, 0.25) is 0 Å². The average molecular weight is 288 g/mol. The molecule has 0 spiro atoms. The number of rotatable bonds is 5. The lowest BCUT2D eigenvalue weighted by molar-refractivity contribution is 0.148. The molecule has 1 fully saturated rings. The standard InChI is InChI=1S/C14H19F3N2O/c15-10-8-11(16)14(12(17)9-10)13(2-1-7-20)19-5-3-18-4-6-19/h8-9,13,18,20H,1-7H2/t13-/m0/s1. The van der Waals surface area contributed by atoms with Crippen LogP contribution in [0.3, 0.4) is 0 Å². The van der Waals surface area contributed by atoms with Crippen LogP contribution in [0, 0.1) is 17.5 Å². The average Bonchev–Trinajstić information content (AvgIpc) is 2.42. The summed E-state index contributed by atoms with van der Waals surface area (Å²) in [5.74, 6) is -2.63. The second-order valence-corrected chi connectivity index (χ2v) is 4.95. The van der Waals surface area contributed by atoms with Crippen molar-refractivity contribution in [2.75, 3.05) is 32.8 Å². The molecule has 0 unspecified atom stereocenters. The highest BCUT2D eigenvalue weighted by atomic mass is 19.1. The summed E-state index contributed by atoms with van der Waals surface area (Å²) < 4.78 is 40.9. The lowest BCUT2D eigenvalue weighted by atomic mass is 9.98. The second kappa shape index (κ2) is 7.06. The maximum atomic E-state index is 14.0. The first kappa shape index (κ1) is 15.3. The molecule has 112 valence electrons. The van der Waals surface area contributed by atoms with Crippen molar-refractivity contribution < 1.29 is 18.3 Å². The van der Waals surface area contributed by atoms with Crippen LogP contribution in [0.15, 0.2) is 12.1 Å². The third-order valence-electron chi connectivity index (χ3n) is 3.61. The monoisotopic (exact) mass is 288 g/mol. The van der Waals surface area contributed by atoms with Crippen LogP contribution in [0.25, 0.3) is 0 Å². The van der Waals surface area contributed by atoms with Gasteiger partial charge in [0.2, 0.25) is 0 Å².